The minimum atomic E-state index is 1.13. The van der Waals surface area contributed by atoms with Crippen LogP contribution in [0.1, 0.15) is 0 Å². The SMILES string of the molecule is c1ccc(-c2ccc3c(c2)c2cc(-c4ccccc4)ccc2n3-c2ccccc2-c2ccccc2-n2c3ccc(-c4cccc5ccccc45)cc3c3cc(-c4cccc5ccccc45)ccc32)cc1. The Labute approximate surface area is 406 Å². The molecule has 0 aliphatic rings. The molecule has 0 amide bonds. The fourth-order valence-corrected chi connectivity index (χ4v) is 11.3. The molecule has 12 aromatic carbocycles. The normalized spacial score (nSPS) is 11.7. The molecule has 0 N–H and O–H groups in total. The summed E-state index contributed by atoms with van der Waals surface area (Å²) in [5, 5.41) is 9.88. The molecule has 14 aromatic rings. The van der Waals surface area contributed by atoms with Gasteiger partial charge in [0.05, 0.1) is 33.4 Å². The van der Waals surface area contributed by atoms with Crippen LogP contribution in [-0.2, 0) is 0 Å². The summed E-state index contributed by atoms with van der Waals surface area (Å²) in [6.07, 6.45) is 0. The first-order valence-electron chi connectivity index (χ1n) is 24.2. The lowest BCUT2D eigenvalue weighted by atomic mass is 9.95. The number of aromatic nitrogens is 2. The van der Waals surface area contributed by atoms with Gasteiger partial charge in [0.2, 0.25) is 0 Å². The molecule has 0 saturated heterocycles. The van der Waals surface area contributed by atoms with Crippen LogP contribution in [0.15, 0.2) is 267 Å². The van der Waals surface area contributed by atoms with Crippen LogP contribution in [0.4, 0.5) is 0 Å². The third-order valence-corrected chi connectivity index (χ3v) is 14.5. The maximum absolute atomic E-state index is 2.50. The van der Waals surface area contributed by atoms with E-state index >= 15 is 0 Å². The first kappa shape index (κ1) is 39.9. The second kappa shape index (κ2) is 16.2. The standard InChI is InChI=1S/C68H44N2/c1-3-17-45(18-4-1)49-33-37-65-59(41-49)60-42-50(46-19-5-2-6-20-46)34-38-66(60)69(65)63-31-13-11-27-57(63)58-28-12-14-32-64(58)70-67-39-35-51(55-29-15-23-47-21-7-9-25-53(47)55)43-61(67)62-44-52(36-40-68(62)70)56-30-16-24-48-22-8-10-26-54(48)56/h1-44H. The van der Waals surface area contributed by atoms with Crippen LogP contribution >= 0.6 is 0 Å². The van der Waals surface area contributed by atoms with Gasteiger partial charge in [-0.25, -0.2) is 0 Å². The van der Waals surface area contributed by atoms with Crippen molar-refractivity contribution in [3.63, 3.8) is 0 Å². The van der Waals surface area contributed by atoms with Gasteiger partial charge in [-0.15, -0.1) is 0 Å². The predicted molar refractivity (Wildman–Crippen MR) is 297 cm³/mol. The molecule has 2 heteroatoms. The smallest absolute Gasteiger partial charge is 0.0541 e. The van der Waals surface area contributed by atoms with E-state index in [1.165, 1.54) is 98.6 Å². The third kappa shape index (κ3) is 6.42. The van der Waals surface area contributed by atoms with Gasteiger partial charge < -0.3 is 9.13 Å². The maximum Gasteiger partial charge on any atom is 0.0541 e. The molecule has 0 aliphatic heterocycles. The maximum atomic E-state index is 2.50. The highest BCUT2D eigenvalue weighted by Gasteiger charge is 2.22. The van der Waals surface area contributed by atoms with Crippen LogP contribution < -0.4 is 0 Å². The molecule has 0 aliphatic carbocycles. The minimum Gasteiger partial charge on any atom is -0.309 e. The topological polar surface area (TPSA) is 9.86 Å². The summed E-state index contributed by atoms with van der Waals surface area (Å²) in [7, 11) is 0. The van der Waals surface area contributed by atoms with Gasteiger partial charge in [-0.1, -0.05) is 206 Å². The zero-order valence-corrected chi connectivity index (χ0v) is 38.3. The van der Waals surface area contributed by atoms with Gasteiger partial charge in [0.25, 0.3) is 0 Å². The number of hydrogen-bond acceptors (Lipinski definition) is 0. The number of benzene rings is 12. The van der Waals surface area contributed by atoms with Crippen LogP contribution in [0.3, 0.4) is 0 Å². The molecule has 0 radical (unpaired) electrons. The molecular weight excluding hydrogens is 845 g/mol. The number of hydrogen-bond donors (Lipinski definition) is 0. The Balaban J connectivity index is 1.01. The summed E-state index contributed by atoms with van der Waals surface area (Å²) in [5.74, 6) is 0. The fourth-order valence-electron chi connectivity index (χ4n) is 11.3. The highest BCUT2D eigenvalue weighted by molar-refractivity contribution is 6.15. The van der Waals surface area contributed by atoms with Crippen molar-refractivity contribution in [2.75, 3.05) is 0 Å². The Morgan fingerprint density at radius 3 is 0.929 bits per heavy atom. The zero-order chi connectivity index (χ0) is 46.1. The molecule has 2 heterocycles. The lowest BCUT2D eigenvalue weighted by Crippen LogP contribution is -2.01. The van der Waals surface area contributed by atoms with E-state index in [2.05, 4.69) is 276 Å². The van der Waals surface area contributed by atoms with Crippen LogP contribution in [0.5, 0.6) is 0 Å². The molecular formula is C68H44N2. The van der Waals surface area contributed by atoms with Gasteiger partial charge in [0.15, 0.2) is 0 Å². The predicted octanol–water partition coefficient (Wildman–Crippen LogP) is 18.5. The van der Waals surface area contributed by atoms with Crippen molar-refractivity contribution in [3.05, 3.63) is 267 Å². The van der Waals surface area contributed by atoms with Crippen LogP contribution in [0.2, 0.25) is 0 Å². The average Bonchev–Trinajstić information content (AvgIpc) is 3.94. The van der Waals surface area contributed by atoms with Gasteiger partial charge in [-0.05, 0) is 127 Å². The number of para-hydroxylation sites is 2. The van der Waals surface area contributed by atoms with E-state index in [-0.39, 0.29) is 0 Å². The summed E-state index contributed by atoms with van der Waals surface area (Å²) in [6.45, 7) is 0. The molecule has 0 fully saturated rings. The fraction of sp³-hybridized carbons (Fsp3) is 0. The summed E-state index contributed by atoms with van der Waals surface area (Å²) < 4.78 is 4.99. The number of rotatable bonds is 7. The highest BCUT2D eigenvalue weighted by atomic mass is 15.0. The molecule has 70 heavy (non-hydrogen) atoms. The van der Waals surface area contributed by atoms with Crippen molar-refractivity contribution in [2.24, 2.45) is 0 Å². The summed E-state index contributed by atoms with van der Waals surface area (Å²) in [5.41, 5.74) is 18.9. The Hall–Kier alpha value is -9.24. The van der Waals surface area contributed by atoms with Gasteiger partial charge in [0.1, 0.15) is 0 Å². The lowest BCUT2D eigenvalue weighted by Gasteiger charge is -2.18. The molecule has 0 spiro atoms. The minimum absolute atomic E-state index is 1.13. The molecule has 2 nitrogen and oxygen atoms in total. The molecule has 0 saturated carbocycles. The second-order valence-corrected chi connectivity index (χ2v) is 18.4. The Kier molecular flexibility index (Phi) is 9.25. The van der Waals surface area contributed by atoms with Crippen molar-refractivity contribution in [1.29, 1.82) is 0 Å². The van der Waals surface area contributed by atoms with Crippen LogP contribution in [0.25, 0.3) is 132 Å². The molecule has 14 rings (SSSR count). The highest BCUT2D eigenvalue weighted by Crippen LogP contribution is 2.44. The largest absolute Gasteiger partial charge is 0.309 e. The van der Waals surface area contributed by atoms with Crippen LogP contribution in [0, 0.1) is 0 Å². The summed E-state index contributed by atoms with van der Waals surface area (Å²) in [6, 6.07) is 98.2. The molecule has 2 aromatic heterocycles. The van der Waals surface area contributed by atoms with Crippen LogP contribution in [-0.4, -0.2) is 9.13 Å². The first-order valence-corrected chi connectivity index (χ1v) is 24.2. The molecule has 326 valence electrons. The molecule has 0 unspecified atom stereocenters. The van der Waals surface area contributed by atoms with Crippen molar-refractivity contribution in [1.82, 2.24) is 9.13 Å². The van der Waals surface area contributed by atoms with Gasteiger partial charge >= 0.3 is 0 Å². The summed E-state index contributed by atoms with van der Waals surface area (Å²) in [4.78, 5) is 0. The molecule has 0 bridgehead atoms. The van der Waals surface area contributed by atoms with Crippen molar-refractivity contribution in [2.45, 2.75) is 0 Å². The van der Waals surface area contributed by atoms with Crippen molar-refractivity contribution in [3.8, 4) is 67.0 Å². The van der Waals surface area contributed by atoms with E-state index in [1.54, 1.807) is 0 Å². The Morgan fingerprint density at radius 2 is 0.500 bits per heavy atom. The lowest BCUT2D eigenvalue weighted by molar-refractivity contribution is 1.16. The van der Waals surface area contributed by atoms with Gasteiger partial charge in [-0.2, -0.15) is 0 Å². The zero-order valence-electron chi connectivity index (χ0n) is 38.3. The summed E-state index contributed by atoms with van der Waals surface area (Å²) >= 11 is 0. The van der Waals surface area contributed by atoms with Gasteiger partial charge in [-0.3, -0.25) is 0 Å². The number of nitrogens with zero attached hydrogens (tertiary/aromatic N) is 2. The quantitative estimate of drug-likeness (QED) is 0.151. The molecule has 0 atom stereocenters. The second-order valence-electron chi connectivity index (χ2n) is 18.4. The van der Waals surface area contributed by atoms with Crippen molar-refractivity contribution < 1.29 is 0 Å². The van der Waals surface area contributed by atoms with E-state index in [0.29, 0.717) is 0 Å². The Morgan fingerprint density at radius 1 is 0.186 bits per heavy atom. The van der Waals surface area contributed by atoms with E-state index in [9.17, 15) is 0 Å². The van der Waals surface area contributed by atoms with E-state index < -0.39 is 0 Å². The first-order chi connectivity index (χ1) is 34.7. The van der Waals surface area contributed by atoms with Crippen molar-refractivity contribution >= 4 is 65.2 Å². The van der Waals surface area contributed by atoms with E-state index in [4.69, 9.17) is 0 Å². The van der Waals surface area contributed by atoms with E-state index in [0.717, 1.165) is 33.5 Å². The average molecular weight is 889 g/mol. The van der Waals surface area contributed by atoms with Gasteiger partial charge in [0, 0.05) is 32.7 Å². The van der Waals surface area contributed by atoms with E-state index in [1.807, 2.05) is 0 Å². The number of fused-ring (bicyclic) bond motifs is 8. The monoisotopic (exact) mass is 888 g/mol. The Bertz CT molecular complexity index is 4100. The third-order valence-electron chi connectivity index (χ3n) is 14.5.